The first-order valence-electron chi connectivity index (χ1n) is 9.17. The summed E-state index contributed by atoms with van der Waals surface area (Å²) in [5.74, 6) is 0.178. The lowest BCUT2D eigenvalue weighted by molar-refractivity contribution is -0.117. The van der Waals surface area contributed by atoms with E-state index in [1.807, 2.05) is 76.2 Å². The molecular weight excluding hydrogens is 324 g/mol. The summed E-state index contributed by atoms with van der Waals surface area (Å²) in [5, 5.41) is 5.66. The molecule has 2 aromatic rings. The summed E-state index contributed by atoms with van der Waals surface area (Å²) in [6.45, 7) is 8.04. The van der Waals surface area contributed by atoms with Crippen molar-refractivity contribution >= 4 is 23.2 Å². The number of hydrogen-bond donors (Lipinski definition) is 2. The van der Waals surface area contributed by atoms with Gasteiger partial charge in [0.05, 0.1) is 0 Å². The van der Waals surface area contributed by atoms with Gasteiger partial charge in [0, 0.05) is 24.2 Å². The van der Waals surface area contributed by atoms with E-state index in [0.29, 0.717) is 12.8 Å². The van der Waals surface area contributed by atoms with E-state index in [-0.39, 0.29) is 11.8 Å². The monoisotopic (exact) mass is 354 g/mol. The second-order valence-electron chi connectivity index (χ2n) is 6.33. The van der Waals surface area contributed by atoms with Crippen LogP contribution in [-0.4, -0.2) is 11.8 Å². The number of benzene rings is 2. The molecule has 0 saturated carbocycles. The predicted octanol–water partition coefficient (Wildman–Crippen LogP) is 5.47. The maximum Gasteiger partial charge on any atom is 0.224 e. The molecule has 0 aliphatic heterocycles. The summed E-state index contributed by atoms with van der Waals surface area (Å²) in [7, 11) is 0. The SMILES string of the molecule is CCCC(=O)Nc1ccc(C)cc1.CCCC(=O)Nc1ccc(C)cc1. The van der Waals surface area contributed by atoms with Crippen molar-refractivity contribution in [2.45, 2.75) is 53.4 Å². The lowest BCUT2D eigenvalue weighted by Gasteiger charge is -2.03. The van der Waals surface area contributed by atoms with Crippen LogP contribution in [0.3, 0.4) is 0 Å². The van der Waals surface area contributed by atoms with E-state index in [0.717, 1.165) is 24.2 Å². The predicted molar refractivity (Wildman–Crippen MR) is 109 cm³/mol. The Hall–Kier alpha value is -2.62. The highest BCUT2D eigenvalue weighted by molar-refractivity contribution is 5.91. The molecule has 0 fully saturated rings. The molecule has 4 heteroatoms. The molecule has 140 valence electrons. The van der Waals surface area contributed by atoms with Gasteiger partial charge in [0.15, 0.2) is 0 Å². The van der Waals surface area contributed by atoms with Crippen molar-refractivity contribution in [2.24, 2.45) is 0 Å². The van der Waals surface area contributed by atoms with Crippen molar-refractivity contribution in [3.8, 4) is 0 Å². The van der Waals surface area contributed by atoms with Gasteiger partial charge in [-0.3, -0.25) is 9.59 Å². The molecule has 2 rings (SSSR count). The summed E-state index contributed by atoms with van der Waals surface area (Å²) in [6.07, 6.45) is 2.96. The summed E-state index contributed by atoms with van der Waals surface area (Å²) in [6, 6.07) is 15.6. The Morgan fingerprint density at radius 3 is 1.23 bits per heavy atom. The van der Waals surface area contributed by atoms with Crippen LogP contribution in [0.15, 0.2) is 48.5 Å². The molecule has 0 aliphatic rings. The lowest BCUT2D eigenvalue weighted by Crippen LogP contribution is -2.10. The fourth-order valence-electron chi connectivity index (χ4n) is 2.17. The first-order chi connectivity index (χ1) is 12.4. The number of aryl methyl sites for hydroxylation is 2. The van der Waals surface area contributed by atoms with Crippen LogP contribution in [0, 0.1) is 13.8 Å². The molecule has 0 heterocycles. The van der Waals surface area contributed by atoms with Crippen LogP contribution in [0.5, 0.6) is 0 Å². The molecule has 0 unspecified atom stereocenters. The zero-order chi connectivity index (χ0) is 19.4. The number of amides is 2. The number of hydrogen-bond acceptors (Lipinski definition) is 2. The fraction of sp³-hybridized carbons (Fsp3) is 0.364. The van der Waals surface area contributed by atoms with Gasteiger partial charge in [0.25, 0.3) is 0 Å². The van der Waals surface area contributed by atoms with Crippen molar-refractivity contribution < 1.29 is 9.59 Å². The van der Waals surface area contributed by atoms with Crippen LogP contribution in [0.2, 0.25) is 0 Å². The van der Waals surface area contributed by atoms with E-state index in [1.165, 1.54) is 11.1 Å². The zero-order valence-electron chi connectivity index (χ0n) is 16.3. The van der Waals surface area contributed by atoms with Crippen LogP contribution >= 0.6 is 0 Å². The van der Waals surface area contributed by atoms with Gasteiger partial charge in [0.2, 0.25) is 11.8 Å². The second kappa shape index (κ2) is 11.9. The third kappa shape index (κ3) is 9.02. The van der Waals surface area contributed by atoms with Gasteiger partial charge in [-0.25, -0.2) is 0 Å². The Morgan fingerprint density at radius 2 is 0.962 bits per heavy atom. The number of nitrogens with one attached hydrogen (secondary N) is 2. The molecule has 0 spiro atoms. The quantitative estimate of drug-likeness (QED) is 0.723. The van der Waals surface area contributed by atoms with Crippen molar-refractivity contribution in [1.29, 1.82) is 0 Å². The maximum absolute atomic E-state index is 11.2. The van der Waals surface area contributed by atoms with Crippen molar-refractivity contribution in [3.05, 3.63) is 59.7 Å². The number of carbonyl (C=O) groups excluding carboxylic acids is 2. The first-order valence-corrected chi connectivity index (χ1v) is 9.17. The smallest absolute Gasteiger partial charge is 0.224 e. The minimum atomic E-state index is 0.0892. The van der Waals surface area contributed by atoms with Crippen molar-refractivity contribution in [3.63, 3.8) is 0 Å². The number of anilines is 2. The summed E-state index contributed by atoms with van der Waals surface area (Å²) in [5.41, 5.74) is 4.16. The molecular formula is C22H30N2O2. The van der Waals surface area contributed by atoms with Gasteiger partial charge in [-0.1, -0.05) is 49.2 Å². The molecule has 0 saturated heterocycles. The van der Waals surface area contributed by atoms with E-state index in [2.05, 4.69) is 10.6 Å². The first kappa shape index (κ1) is 21.4. The van der Waals surface area contributed by atoms with Crippen LogP contribution < -0.4 is 10.6 Å². The minimum Gasteiger partial charge on any atom is -0.326 e. The largest absolute Gasteiger partial charge is 0.326 e. The fourth-order valence-corrected chi connectivity index (χ4v) is 2.17. The van der Waals surface area contributed by atoms with E-state index in [4.69, 9.17) is 0 Å². The summed E-state index contributed by atoms with van der Waals surface area (Å²) in [4.78, 5) is 22.4. The molecule has 0 radical (unpaired) electrons. The topological polar surface area (TPSA) is 58.2 Å². The molecule has 2 N–H and O–H groups in total. The van der Waals surface area contributed by atoms with Gasteiger partial charge in [-0.05, 0) is 51.0 Å². The molecule has 26 heavy (non-hydrogen) atoms. The summed E-state index contributed by atoms with van der Waals surface area (Å²) >= 11 is 0. The molecule has 2 aromatic carbocycles. The van der Waals surface area contributed by atoms with Crippen molar-refractivity contribution in [2.75, 3.05) is 10.6 Å². The number of rotatable bonds is 6. The van der Waals surface area contributed by atoms with E-state index >= 15 is 0 Å². The Labute approximate surface area is 157 Å². The molecule has 4 nitrogen and oxygen atoms in total. The van der Waals surface area contributed by atoms with E-state index in [9.17, 15) is 9.59 Å². The highest BCUT2D eigenvalue weighted by Gasteiger charge is 1.99. The Bertz CT molecular complexity index is 615. The van der Waals surface area contributed by atoms with E-state index in [1.54, 1.807) is 0 Å². The maximum atomic E-state index is 11.2. The van der Waals surface area contributed by atoms with Crippen LogP contribution in [-0.2, 0) is 9.59 Å². The van der Waals surface area contributed by atoms with Gasteiger partial charge in [-0.15, -0.1) is 0 Å². The van der Waals surface area contributed by atoms with E-state index < -0.39 is 0 Å². The third-order valence-electron chi connectivity index (χ3n) is 3.62. The lowest BCUT2D eigenvalue weighted by atomic mass is 10.2. The molecule has 0 aliphatic carbocycles. The molecule has 0 atom stereocenters. The van der Waals surface area contributed by atoms with Gasteiger partial charge in [-0.2, -0.15) is 0 Å². The van der Waals surface area contributed by atoms with Crippen LogP contribution in [0.25, 0.3) is 0 Å². The van der Waals surface area contributed by atoms with Gasteiger partial charge >= 0.3 is 0 Å². The van der Waals surface area contributed by atoms with Crippen molar-refractivity contribution in [1.82, 2.24) is 0 Å². The summed E-state index contributed by atoms with van der Waals surface area (Å²) < 4.78 is 0. The standard InChI is InChI=1S/2C11H15NO/c2*1-3-4-11(13)12-10-7-5-9(2)6-8-10/h2*5-8H,3-4H2,1-2H3,(H,12,13). The molecule has 2 amide bonds. The Morgan fingerprint density at radius 1 is 0.654 bits per heavy atom. The van der Waals surface area contributed by atoms with Crippen LogP contribution in [0.4, 0.5) is 11.4 Å². The highest BCUT2D eigenvalue weighted by Crippen LogP contribution is 2.09. The average Bonchev–Trinajstić information content (AvgIpc) is 2.60. The Balaban J connectivity index is 0.000000260. The van der Waals surface area contributed by atoms with Crippen LogP contribution in [0.1, 0.15) is 50.7 Å². The Kier molecular flexibility index (Phi) is 9.77. The number of carbonyl (C=O) groups is 2. The molecule has 0 bridgehead atoms. The van der Waals surface area contributed by atoms with Gasteiger partial charge in [0.1, 0.15) is 0 Å². The normalized spacial score (nSPS) is 9.69. The average molecular weight is 354 g/mol. The molecule has 0 aromatic heterocycles. The third-order valence-corrected chi connectivity index (χ3v) is 3.62. The van der Waals surface area contributed by atoms with Gasteiger partial charge < -0.3 is 10.6 Å². The second-order valence-corrected chi connectivity index (χ2v) is 6.33. The minimum absolute atomic E-state index is 0.0892. The highest BCUT2D eigenvalue weighted by atomic mass is 16.2. The zero-order valence-corrected chi connectivity index (χ0v) is 16.3.